The lowest BCUT2D eigenvalue weighted by Gasteiger charge is -2.32. The van der Waals surface area contributed by atoms with Crippen LogP contribution in [-0.4, -0.2) is 65.7 Å². The highest BCUT2D eigenvalue weighted by molar-refractivity contribution is 6.23. The van der Waals surface area contributed by atoms with Crippen LogP contribution in [0.3, 0.4) is 0 Å². The Hall–Kier alpha value is -16.4. The van der Waals surface area contributed by atoms with Gasteiger partial charge in [-0.3, -0.25) is 4.90 Å². The number of nitrogens with zero attached hydrogens (tertiary/aromatic N) is 14. The van der Waals surface area contributed by atoms with E-state index in [-0.39, 0.29) is 33.5 Å². The Morgan fingerprint density at radius 3 is 1.10 bits per heavy atom. The topological polar surface area (TPSA) is 154 Å². The molecule has 0 spiro atoms. The molecule has 2 aliphatic rings. The van der Waals surface area contributed by atoms with E-state index in [1.54, 1.807) is 16.7 Å². The number of aromatic nitrogens is 11. The summed E-state index contributed by atoms with van der Waals surface area (Å²) in [5.41, 5.74) is 13.1. The van der Waals surface area contributed by atoms with Crippen molar-refractivity contribution in [3.8, 4) is 125 Å². The van der Waals surface area contributed by atoms with Crippen LogP contribution in [0.2, 0.25) is 0 Å². The van der Waals surface area contributed by atoms with E-state index in [4.69, 9.17) is 54.8 Å². The van der Waals surface area contributed by atoms with Gasteiger partial charge in [0.1, 0.15) is 11.7 Å². The summed E-state index contributed by atoms with van der Waals surface area (Å²) in [6.07, 6.45) is -1.26. The highest BCUT2D eigenvalue weighted by Crippen LogP contribution is 2.46. The molecular weight excluding hydrogens is 1570 g/mol. The van der Waals surface area contributed by atoms with E-state index >= 15 is 0 Å². The van der Waals surface area contributed by atoms with Crippen LogP contribution in [0.25, 0.3) is 169 Å². The number of amidine groups is 2. The number of fused-ring (bicyclic) bond motifs is 6. The highest BCUT2D eigenvalue weighted by atomic mass is 19.4. The summed E-state index contributed by atoms with van der Waals surface area (Å²) in [6.45, 7) is 2.08. The minimum Gasteiger partial charge on any atom is -0.309 e. The molecule has 1 aliphatic heterocycles. The monoisotopic (exact) mass is 1640 g/mol. The van der Waals surface area contributed by atoms with Gasteiger partial charge in [-0.2, -0.15) is 26.3 Å². The average molecular weight is 1640 g/mol. The third kappa shape index (κ3) is 14.4. The first-order valence-corrected chi connectivity index (χ1v) is 40.5. The molecule has 0 amide bonds. The number of hydrogen-bond acceptors (Lipinski definition) is 12. The van der Waals surface area contributed by atoms with Gasteiger partial charge < -0.3 is 9.13 Å². The lowest BCUT2D eigenvalue weighted by atomic mass is 9.97. The summed E-state index contributed by atoms with van der Waals surface area (Å²) < 4.78 is 93.4. The Bertz CT molecular complexity index is 7400. The molecule has 6 heterocycles. The molecule has 0 fully saturated rings. The van der Waals surface area contributed by atoms with Gasteiger partial charge in [0, 0.05) is 88.4 Å². The first-order chi connectivity index (χ1) is 61.1. The summed E-state index contributed by atoms with van der Waals surface area (Å²) in [4.78, 5) is 60.1. The molecule has 19 aromatic rings. The van der Waals surface area contributed by atoms with Gasteiger partial charge in [0.2, 0.25) is 0 Å². The fourth-order valence-corrected chi connectivity index (χ4v) is 16.5. The third-order valence-electron chi connectivity index (χ3n) is 22.5. The van der Waals surface area contributed by atoms with Crippen molar-refractivity contribution in [3.05, 3.63) is 409 Å². The van der Waals surface area contributed by atoms with E-state index in [2.05, 4.69) is 78.2 Å². The molecule has 14 nitrogen and oxygen atoms in total. The molecule has 0 atom stereocenters. The van der Waals surface area contributed by atoms with Crippen LogP contribution in [0.4, 0.5) is 32.0 Å². The van der Waals surface area contributed by atoms with Crippen molar-refractivity contribution >= 4 is 61.0 Å². The second kappa shape index (κ2) is 31.3. The van der Waals surface area contributed by atoms with Crippen molar-refractivity contribution in [1.29, 1.82) is 0 Å². The van der Waals surface area contributed by atoms with Gasteiger partial charge >= 0.3 is 12.4 Å². The van der Waals surface area contributed by atoms with Crippen molar-refractivity contribution in [2.24, 2.45) is 9.98 Å². The number of aryl methyl sites for hydroxylation is 1. The maximum atomic E-state index is 14.9. The molecule has 21 rings (SSSR count). The SMILES string of the molecule is Cc1cc(N2C(c3ccccc3)=NC(c3cc(-c4nc(-c5ccccc5)nc(-c5ccccc5)n4)ccc3-n3c4ccc(C(F)(F)F)cc4c4cc(C(F)(F)F)ccc43)=NC2=C2C=CC=CC2)ccc1-c1ccc2c3ccccc3n(-c3ccc(-c4nc(-c5ccccc5)nc(-c5ccccc5)n4)cc3-c3nc(-c4ccccc4)nc(-c4ccccc4)n3)c2c1. The predicted octanol–water partition coefficient (Wildman–Crippen LogP) is 25.9. The maximum Gasteiger partial charge on any atom is 0.416 e. The zero-order valence-electron chi connectivity index (χ0n) is 66.5. The molecule has 125 heavy (non-hydrogen) atoms. The molecule has 0 unspecified atom stereocenters. The first-order valence-electron chi connectivity index (χ1n) is 40.5. The van der Waals surface area contributed by atoms with Crippen molar-refractivity contribution in [3.63, 3.8) is 0 Å². The number of benzene rings is 14. The van der Waals surface area contributed by atoms with E-state index in [1.165, 1.54) is 12.1 Å². The van der Waals surface area contributed by atoms with E-state index in [9.17, 15) is 26.3 Å². The number of hydrogen-bond donors (Lipinski definition) is 0. The van der Waals surface area contributed by atoms with Gasteiger partial charge in [-0.1, -0.05) is 273 Å². The molecule has 20 heteroatoms. The fraction of sp³-hybridized carbons (Fsp3) is 0.0381. The largest absolute Gasteiger partial charge is 0.416 e. The molecule has 0 saturated carbocycles. The molecular formula is C105H66F6N14. The second-order valence-corrected chi connectivity index (χ2v) is 30.4. The Morgan fingerprint density at radius 1 is 0.280 bits per heavy atom. The average Bonchev–Trinajstić information content (AvgIpc) is 1.60. The van der Waals surface area contributed by atoms with E-state index in [0.29, 0.717) is 104 Å². The van der Waals surface area contributed by atoms with Crippen molar-refractivity contribution < 1.29 is 26.3 Å². The van der Waals surface area contributed by atoms with Crippen LogP contribution >= 0.6 is 0 Å². The van der Waals surface area contributed by atoms with Crippen LogP contribution in [0.1, 0.15) is 34.2 Å². The fourth-order valence-electron chi connectivity index (χ4n) is 16.5. The number of anilines is 1. The van der Waals surface area contributed by atoms with Crippen molar-refractivity contribution in [2.75, 3.05) is 4.90 Å². The van der Waals surface area contributed by atoms with Gasteiger partial charge in [-0.05, 0) is 133 Å². The minimum absolute atomic E-state index is 0.0539. The molecule has 14 aromatic carbocycles. The quantitative estimate of drug-likeness (QED) is 0.0906. The lowest BCUT2D eigenvalue weighted by Crippen LogP contribution is -2.36. The number of para-hydroxylation sites is 1. The third-order valence-corrected chi connectivity index (χ3v) is 22.5. The summed E-state index contributed by atoms with van der Waals surface area (Å²) in [5.74, 6) is 4.97. The Kier molecular flexibility index (Phi) is 19.1. The number of allylic oxidation sites excluding steroid dienone is 5. The molecule has 0 radical (unpaired) electrons. The van der Waals surface area contributed by atoms with Crippen LogP contribution in [0.5, 0.6) is 0 Å². The maximum absolute atomic E-state index is 14.9. The smallest absolute Gasteiger partial charge is 0.309 e. The number of rotatable bonds is 15. The van der Waals surface area contributed by atoms with E-state index in [1.807, 2.05) is 260 Å². The second-order valence-electron chi connectivity index (χ2n) is 30.4. The van der Waals surface area contributed by atoms with Gasteiger partial charge in [0.05, 0.1) is 44.6 Å². The molecule has 0 saturated heterocycles. The van der Waals surface area contributed by atoms with Crippen LogP contribution in [0.15, 0.2) is 391 Å². The number of halogens is 6. The zero-order chi connectivity index (χ0) is 84.4. The standard InChI is InChI=1S/C105H66F6N14/c1-64-58-78(51-53-79(64)73-46-52-81-80-44-26-27-45-86(80)125(91(81)61-73)90-55-48-74(98-115-92(65-28-10-2-11-29-65)112-93(116-98)66-30-12-3-13-31-66)59-84(90)100-119-96(69-36-18-6-19-37-69)114-97(120-100)70-38-20-7-21-39-70)123-102(71-40-22-8-23-41-71)121-101(122-103(123)72-42-24-9-25-43-72)85-60-75(99-117-94(67-32-14-4-15-33-67)113-95(118-99)68-34-16-5-17-35-68)47-54-89(85)124-87-56-49-76(104(106,107)108)62-82(87)83-63-77(105(109,110)111)50-57-88(83)124/h2-42,44-63H,43H2,1H3. The van der Waals surface area contributed by atoms with Gasteiger partial charge in [-0.25, -0.2) is 54.8 Å². The first kappa shape index (κ1) is 76.1. The molecule has 0 bridgehead atoms. The van der Waals surface area contributed by atoms with E-state index < -0.39 is 23.5 Å². The summed E-state index contributed by atoms with van der Waals surface area (Å²) in [6, 6.07) is 107. The molecule has 598 valence electrons. The normalized spacial score (nSPS) is 13.6. The lowest BCUT2D eigenvalue weighted by molar-refractivity contribution is -0.138. The van der Waals surface area contributed by atoms with Gasteiger partial charge in [0.15, 0.2) is 58.3 Å². The summed E-state index contributed by atoms with van der Waals surface area (Å²) >= 11 is 0. The van der Waals surface area contributed by atoms with Crippen molar-refractivity contribution in [1.82, 2.24) is 54.0 Å². The molecule has 0 N–H and O–H groups in total. The summed E-state index contributed by atoms with van der Waals surface area (Å²) in [7, 11) is 0. The van der Waals surface area contributed by atoms with E-state index in [0.717, 1.165) is 107 Å². The Labute approximate surface area is 712 Å². The number of aliphatic imine (C=N–C) groups is 2. The molecule has 5 aromatic heterocycles. The molecule has 1 aliphatic carbocycles. The van der Waals surface area contributed by atoms with Crippen molar-refractivity contribution in [2.45, 2.75) is 25.7 Å². The Balaban J connectivity index is 0.746. The highest BCUT2D eigenvalue weighted by Gasteiger charge is 2.36. The van der Waals surface area contributed by atoms with Crippen LogP contribution in [-0.2, 0) is 12.4 Å². The number of alkyl halides is 6. The summed E-state index contributed by atoms with van der Waals surface area (Å²) in [5, 5.41) is 1.90. The zero-order valence-corrected chi connectivity index (χ0v) is 66.5. The van der Waals surface area contributed by atoms with Gasteiger partial charge in [0.25, 0.3) is 0 Å². The van der Waals surface area contributed by atoms with Crippen LogP contribution in [0, 0.1) is 6.92 Å². The minimum atomic E-state index is -4.84. The Morgan fingerprint density at radius 2 is 0.664 bits per heavy atom. The predicted molar refractivity (Wildman–Crippen MR) is 483 cm³/mol. The van der Waals surface area contributed by atoms with Crippen LogP contribution < -0.4 is 4.90 Å². The van der Waals surface area contributed by atoms with Gasteiger partial charge in [-0.15, -0.1) is 0 Å².